The highest BCUT2D eigenvalue weighted by atomic mass is 32.1. The zero-order valence-corrected chi connectivity index (χ0v) is 15.3. The molecule has 3 aliphatic rings. The van der Waals surface area contributed by atoms with Crippen LogP contribution in [-0.4, -0.2) is 77.3 Å². The van der Waals surface area contributed by atoms with E-state index in [1.54, 1.807) is 24.5 Å². The molecular formula is C16H23N5O3S. The molecule has 25 heavy (non-hydrogen) atoms. The molecule has 2 atom stereocenters. The van der Waals surface area contributed by atoms with Crippen molar-refractivity contribution in [2.45, 2.75) is 25.4 Å². The van der Waals surface area contributed by atoms with Gasteiger partial charge in [-0.05, 0) is 12.8 Å². The van der Waals surface area contributed by atoms with E-state index in [-0.39, 0.29) is 36.3 Å². The van der Waals surface area contributed by atoms with Crippen molar-refractivity contribution in [3.63, 3.8) is 0 Å². The van der Waals surface area contributed by atoms with Gasteiger partial charge < -0.3 is 20.0 Å². The summed E-state index contributed by atoms with van der Waals surface area (Å²) in [7, 11) is 3.25. The molecule has 0 aliphatic carbocycles. The molecule has 3 aliphatic heterocycles. The molecule has 2 unspecified atom stereocenters. The van der Waals surface area contributed by atoms with Gasteiger partial charge in [0.1, 0.15) is 0 Å². The van der Waals surface area contributed by atoms with Crippen LogP contribution < -0.4 is 5.32 Å². The molecule has 4 rings (SSSR count). The minimum absolute atomic E-state index is 0.0152. The molecule has 4 amide bonds. The second-order valence-electron chi connectivity index (χ2n) is 6.73. The maximum Gasteiger partial charge on any atom is 0.317 e. The number of thiazole rings is 1. The van der Waals surface area contributed by atoms with Crippen LogP contribution in [0, 0.1) is 5.92 Å². The molecule has 0 spiro atoms. The van der Waals surface area contributed by atoms with E-state index < -0.39 is 0 Å². The summed E-state index contributed by atoms with van der Waals surface area (Å²) in [6.07, 6.45) is 1.71. The lowest BCUT2D eigenvalue weighted by molar-refractivity contribution is -0.140. The molecule has 9 heteroatoms. The fraction of sp³-hybridized carbons (Fsp3) is 0.625. The summed E-state index contributed by atoms with van der Waals surface area (Å²) < 4.78 is 0. The number of fused-ring (bicyclic) bond motifs is 4. The standard InChI is InChI=1S/C16H23N5O3S/c1-19(2)16(24)17-5-14(22)20-6-11-3-4-13(8-20)21(15(11)23)7-12-9-25-10-18-12/h9-11,13H,3-8H2,1-2H3,(H,17,24). The van der Waals surface area contributed by atoms with Gasteiger partial charge >= 0.3 is 6.03 Å². The number of urea groups is 1. The maximum absolute atomic E-state index is 12.7. The number of aromatic nitrogens is 1. The van der Waals surface area contributed by atoms with Gasteiger partial charge in [-0.25, -0.2) is 9.78 Å². The van der Waals surface area contributed by atoms with Crippen molar-refractivity contribution in [2.75, 3.05) is 33.7 Å². The molecule has 0 aromatic carbocycles. The third-order valence-electron chi connectivity index (χ3n) is 4.76. The number of carbonyl (C=O) groups is 3. The summed E-state index contributed by atoms with van der Waals surface area (Å²) in [5.74, 6) is -0.196. The molecule has 2 bridgehead atoms. The monoisotopic (exact) mass is 365 g/mol. The first-order valence-corrected chi connectivity index (χ1v) is 9.30. The lowest BCUT2D eigenvalue weighted by Gasteiger charge is -2.35. The van der Waals surface area contributed by atoms with Crippen LogP contribution in [0.25, 0.3) is 0 Å². The molecule has 0 saturated carbocycles. The summed E-state index contributed by atoms with van der Waals surface area (Å²) in [5.41, 5.74) is 2.65. The van der Waals surface area contributed by atoms with Crippen LogP contribution in [0.5, 0.6) is 0 Å². The van der Waals surface area contributed by atoms with Crippen LogP contribution >= 0.6 is 11.3 Å². The van der Waals surface area contributed by atoms with Crippen molar-refractivity contribution in [3.05, 3.63) is 16.6 Å². The van der Waals surface area contributed by atoms with E-state index >= 15 is 0 Å². The van der Waals surface area contributed by atoms with Gasteiger partial charge in [0.2, 0.25) is 11.8 Å². The Morgan fingerprint density at radius 2 is 2.16 bits per heavy atom. The predicted molar refractivity (Wildman–Crippen MR) is 92.8 cm³/mol. The van der Waals surface area contributed by atoms with Crippen LogP contribution in [0.3, 0.4) is 0 Å². The summed E-state index contributed by atoms with van der Waals surface area (Å²) in [4.78, 5) is 46.1. The molecule has 0 radical (unpaired) electrons. The average Bonchev–Trinajstić information content (AvgIpc) is 2.95. The highest BCUT2D eigenvalue weighted by Gasteiger charge is 2.41. The van der Waals surface area contributed by atoms with Crippen LogP contribution in [0.4, 0.5) is 4.79 Å². The molecule has 1 N–H and O–H groups in total. The zero-order valence-electron chi connectivity index (χ0n) is 14.5. The Morgan fingerprint density at radius 1 is 1.36 bits per heavy atom. The Morgan fingerprint density at radius 3 is 2.84 bits per heavy atom. The number of hydrogen-bond donors (Lipinski definition) is 1. The normalized spacial score (nSPS) is 22.7. The second-order valence-corrected chi connectivity index (χ2v) is 7.44. The maximum atomic E-state index is 12.7. The molecule has 136 valence electrons. The summed E-state index contributed by atoms with van der Waals surface area (Å²) in [6, 6.07) is -0.283. The first-order valence-electron chi connectivity index (χ1n) is 8.36. The molecular weight excluding hydrogens is 342 g/mol. The lowest BCUT2D eigenvalue weighted by atomic mass is 9.94. The molecule has 1 aromatic rings. The van der Waals surface area contributed by atoms with Gasteiger partial charge in [0.25, 0.3) is 0 Å². The van der Waals surface area contributed by atoms with Crippen molar-refractivity contribution >= 4 is 29.2 Å². The van der Waals surface area contributed by atoms with Crippen LogP contribution in [0.15, 0.2) is 10.9 Å². The van der Waals surface area contributed by atoms with Crippen molar-refractivity contribution in [3.8, 4) is 0 Å². The first-order chi connectivity index (χ1) is 12.0. The van der Waals surface area contributed by atoms with Gasteiger partial charge in [0.05, 0.1) is 30.2 Å². The van der Waals surface area contributed by atoms with Gasteiger partial charge in [-0.2, -0.15) is 0 Å². The fourth-order valence-corrected chi connectivity index (χ4v) is 3.91. The van der Waals surface area contributed by atoms with E-state index in [1.807, 2.05) is 10.3 Å². The smallest absolute Gasteiger partial charge is 0.317 e. The number of rotatable bonds is 4. The van der Waals surface area contributed by atoms with Crippen LogP contribution in [-0.2, 0) is 16.1 Å². The number of nitrogens with one attached hydrogen (secondary N) is 1. The Hall–Kier alpha value is -2.16. The number of piperidine rings is 1. The number of nitrogens with zero attached hydrogens (tertiary/aromatic N) is 4. The molecule has 8 nitrogen and oxygen atoms in total. The third kappa shape index (κ3) is 3.92. The van der Waals surface area contributed by atoms with E-state index in [0.717, 1.165) is 18.5 Å². The Kier molecular flexibility index (Phi) is 5.22. The number of hydrogen-bond acceptors (Lipinski definition) is 5. The van der Waals surface area contributed by atoms with Crippen LogP contribution in [0.1, 0.15) is 18.5 Å². The summed E-state index contributed by atoms with van der Waals surface area (Å²) >= 11 is 1.51. The number of carbonyl (C=O) groups excluding carboxylic acids is 3. The highest BCUT2D eigenvalue weighted by molar-refractivity contribution is 7.07. The van der Waals surface area contributed by atoms with Crippen LogP contribution in [0.2, 0.25) is 0 Å². The van der Waals surface area contributed by atoms with Crippen molar-refractivity contribution in [2.24, 2.45) is 5.92 Å². The third-order valence-corrected chi connectivity index (χ3v) is 5.39. The van der Waals surface area contributed by atoms with E-state index in [2.05, 4.69) is 10.3 Å². The van der Waals surface area contributed by atoms with Crippen molar-refractivity contribution in [1.82, 2.24) is 25.0 Å². The van der Waals surface area contributed by atoms with E-state index in [0.29, 0.717) is 19.6 Å². The Bertz CT molecular complexity index is 648. The summed E-state index contributed by atoms with van der Waals surface area (Å²) in [5, 5.41) is 4.55. The van der Waals surface area contributed by atoms with Gasteiger partial charge in [-0.1, -0.05) is 0 Å². The van der Waals surface area contributed by atoms with Crippen molar-refractivity contribution in [1.29, 1.82) is 0 Å². The SMILES string of the molecule is CN(C)C(=O)NCC(=O)N1CC2CCC(C1)N(Cc1cscn1)C2=O. The quantitative estimate of drug-likeness (QED) is 0.835. The number of amides is 4. The first kappa shape index (κ1) is 17.7. The van der Waals surface area contributed by atoms with Crippen molar-refractivity contribution < 1.29 is 14.4 Å². The molecule has 4 heterocycles. The zero-order chi connectivity index (χ0) is 18.0. The van der Waals surface area contributed by atoms with Gasteiger partial charge in [0.15, 0.2) is 0 Å². The second kappa shape index (κ2) is 7.38. The predicted octanol–water partition coefficient (Wildman–Crippen LogP) is 0.364. The topological polar surface area (TPSA) is 85.8 Å². The fourth-order valence-electron chi connectivity index (χ4n) is 3.36. The molecule has 3 fully saturated rings. The van der Waals surface area contributed by atoms with Gasteiger partial charge in [-0.15, -0.1) is 11.3 Å². The Labute approximate surface area is 150 Å². The summed E-state index contributed by atoms with van der Waals surface area (Å²) in [6.45, 7) is 1.40. The minimum atomic E-state index is -0.299. The van der Waals surface area contributed by atoms with E-state index in [9.17, 15) is 14.4 Å². The van der Waals surface area contributed by atoms with E-state index in [4.69, 9.17) is 0 Å². The lowest BCUT2D eigenvalue weighted by Crippen LogP contribution is -2.48. The van der Waals surface area contributed by atoms with Gasteiger partial charge in [-0.3, -0.25) is 9.59 Å². The largest absolute Gasteiger partial charge is 0.338 e. The van der Waals surface area contributed by atoms with Gasteiger partial charge in [0, 0.05) is 38.6 Å². The van der Waals surface area contributed by atoms with E-state index in [1.165, 1.54) is 16.2 Å². The average molecular weight is 365 g/mol. The molecule has 1 aromatic heterocycles. The minimum Gasteiger partial charge on any atom is -0.338 e. The highest BCUT2D eigenvalue weighted by Crippen LogP contribution is 2.30. The molecule has 3 saturated heterocycles. The Balaban J connectivity index is 1.65.